The molecule has 2 aromatic rings. The van der Waals surface area contributed by atoms with E-state index in [2.05, 4.69) is 27.3 Å². The third-order valence-electron chi connectivity index (χ3n) is 5.98. The molecule has 0 amide bonds. The van der Waals surface area contributed by atoms with E-state index in [1.54, 1.807) is 11.3 Å². The quantitative estimate of drug-likeness (QED) is 0.610. The standard InChI is InChI=1S/C23H20BrNO5S/c1-11-20(23(27)28-2)21(13-8-17-18(9-14(13)24)30-10-29-17)22-15(25-11)6-12(7-16(22)26)19-4-3-5-31-19/h3-5,8-9,12,21,25H,6-7,10H2,1-2H3/t12-,21+/m0/s1. The second-order valence-electron chi connectivity index (χ2n) is 7.75. The fourth-order valence-corrected chi connectivity index (χ4v) is 5.99. The number of methoxy groups -OCH3 is 1. The predicted octanol–water partition coefficient (Wildman–Crippen LogP) is 4.77. The lowest BCUT2D eigenvalue weighted by molar-refractivity contribution is -0.136. The van der Waals surface area contributed by atoms with Crippen molar-refractivity contribution in [3.8, 4) is 11.5 Å². The van der Waals surface area contributed by atoms with Crippen LogP contribution in [0.1, 0.15) is 42.0 Å². The maximum atomic E-state index is 13.5. The fourth-order valence-electron chi connectivity index (χ4n) is 4.61. The molecule has 5 rings (SSSR count). The summed E-state index contributed by atoms with van der Waals surface area (Å²) in [5, 5.41) is 5.38. The molecule has 0 radical (unpaired) electrons. The number of ether oxygens (including phenoxy) is 3. The number of thiophene rings is 1. The highest BCUT2D eigenvalue weighted by Crippen LogP contribution is 2.49. The van der Waals surface area contributed by atoms with Crippen LogP contribution in [-0.4, -0.2) is 25.7 Å². The first-order chi connectivity index (χ1) is 15.0. The molecule has 8 heteroatoms. The van der Waals surface area contributed by atoms with Gasteiger partial charge in [-0.05, 0) is 42.5 Å². The molecule has 3 aliphatic rings. The maximum Gasteiger partial charge on any atom is 0.336 e. The number of fused-ring (bicyclic) bond motifs is 1. The van der Waals surface area contributed by atoms with Gasteiger partial charge in [0.2, 0.25) is 6.79 Å². The van der Waals surface area contributed by atoms with Crippen LogP contribution in [0.3, 0.4) is 0 Å². The van der Waals surface area contributed by atoms with E-state index < -0.39 is 11.9 Å². The number of nitrogens with one attached hydrogen (secondary N) is 1. The number of allylic oxidation sites excluding steroid dienone is 3. The largest absolute Gasteiger partial charge is 0.466 e. The van der Waals surface area contributed by atoms with Crippen LogP contribution in [0.2, 0.25) is 0 Å². The summed E-state index contributed by atoms with van der Waals surface area (Å²) in [6.45, 7) is 1.99. The smallest absolute Gasteiger partial charge is 0.336 e. The summed E-state index contributed by atoms with van der Waals surface area (Å²) < 4.78 is 16.9. The summed E-state index contributed by atoms with van der Waals surface area (Å²) in [5.74, 6) is 0.388. The van der Waals surface area contributed by atoms with Crippen LogP contribution in [0.25, 0.3) is 0 Å². The average Bonchev–Trinajstić information content (AvgIpc) is 3.43. The van der Waals surface area contributed by atoms with E-state index in [-0.39, 0.29) is 18.5 Å². The van der Waals surface area contributed by atoms with Crippen molar-refractivity contribution >= 4 is 39.0 Å². The number of carbonyl (C=O) groups excluding carboxylic acids is 2. The molecule has 6 nitrogen and oxygen atoms in total. The second-order valence-corrected chi connectivity index (χ2v) is 9.58. The molecule has 0 saturated heterocycles. The number of carbonyl (C=O) groups is 2. The Morgan fingerprint density at radius 3 is 2.74 bits per heavy atom. The van der Waals surface area contributed by atoms with E-state index in [1.807, 2.05) is 30.5 Å². The van der Waals surface area contributed by atoms with E-state index in [1.165, 1.54) is 12.0 Å². The predicted molar refractivity (Wildman–Crippen MR) is 119 cm³/mol. The van der Waals surface area contributed by atoms with Gasteiger partial charge in [0.1, 0.15) is 0 Å². The van der Waals surface area contributed by atoms with Gasteiger partial charge < -0.3 is 19.5 Å². The summed E-state index contributed by atoms with van der Waals surface area (Å²) in [4.78, 5) is 27.5. The molecule has 1 aliphatic carbocycles. The molecular formula is C23H20BrNO5S. The lowest BCUT2D eigenvalue weighted by Gasteiger charge is -2.36. The van der Waals surface area contributed by atoms with Crippen LogP contribution in [0.5, 0.6) is 11.5 Å². The van der Waals surface area contributed by atoms with Crippen LogP contribution in [-0.2, 0) is 14.3 Å². The first-order valence-electron chi connectivity index (χ1n) is 9.92. The molecule has 2 aliphatic heterocycles. The molecule has 0 fully saturated rings. The van der Waals surface area contributed by atoms with Gasteiger partial charge in [0, 0.05) is 44.6 Å². The Balaban J connectivity index is 1.66. The van der Waals surface area contributed by atoms with Gasteiger partial charge in [-0.2, -0.15) is 0 Å². The number of hydrogen-bond donors (Lipinski definition) is 1. The third-order valence-corrected chi connectivity index (χ3v) is 7.70. The van der Waals surface area contributed by atoms with Gasteiger partial charge in [-0.3, -0.25) is 4.79 Å². The Morgan fingerprint density at radius 2 is 2.03 bits per heavy atom. The fraction of sp³-hybridized carbons (Fsp3) is 0.304. The van der Waals surface area contributed by atoms with Crippen molar-refractivity contribution in [2.75, 3.05) is 13.9 Å². The summed E-state index contributed by atoms with van der Waals surface area (Å²) >= 11 is 5.29. The summed E-state index contributed by atoms with van der Waals surface area (Å²) in [7, 11) is 1.35. The van der Waals surface area contributed by atoms with Crippen molar-refractivity contribution in [1.82, 2.24) is 5.32 Å². The molecule has 1 N–H and O–H groups in total. The summed E-state index contributed by atoms with van der Waals surface area (Å²) in [6, 6.07) is 7.76. The van der Waals surface area contributed by atoms with Gasteiger partial charge >= 0.3 is 5.97 Å². The number of hydrogen-bond acceptors (Lipinski definition) is 7. The Labute approximate surface area is 192 Å². The number of halogens is 1. The average molecular weight is 502 g/mol. The Morgan fingerprint density at radius 1 is 1.26 bits per heavy atom. The molecule has 3 heterocycles. The van der Waals surface area contributed by atoms with Gasteiger partial charge in [0.05, 0.1) is 12.7 Å². The van der Waals surface area contributed by atoms with Crippen LogP contribution < -0.4 is 14.8 Å². The molecule has 2 atom stereocenters. The highest BCUT2D eigenvalue weighted by atomic mass is 79.9. The monoisotopic (exact) mass is 501 g/mol. The summed E-state index contributed by atoms with van der Waals surface area (Å²) in [5.41, 5.74) is 3.40. The van der Waals surface area contributed by atoms with E-state index in [0.717, 1.165) is 15.7 Å². The molecule has 31 heavy (non-hydrogen) atoms. The van der Waals surface area contributed by atoms with Crippen molar-refractivity contribution in [2.45, 2.75) is 31.6 Å². The minimum atomic E-state index is -0.552. The van der Waals surface area contributed by atoms with Crippen molar-refractivity contribution in [3.63, 3.8) is 0 Å². The van der Waals surface area contributed by atoms with Gasteiger partial charge in [-0.1, -0.05) is 22.0 Å². The van der Waals surface area contributed by atoms with Gasteiger partial charge in [-0.15, -0.1) is 11.3 Å². The second kappa shape index (κ2) is 7.84. The van der Waals surface area contributed by atoms with Gasteiger partial charge in [-0.25, -0.2) is 4.79 Å². The van der Waals surface area contributed by atoms with E-state index in [0.29, 0.717) is 41.2 Å². The molecule has 0 saturated carbocycles. The van der Waals surface area contributed by atoms with Crippen LogP contribution in [0, 0.1) is 0 Å². The molecule has 1 aromatic carbocycles. The van der Waals surface area contributed by atoms with Crippen LogP contribution >= 0.6 is 27.3 Å². The van der Waals surface area contributed by atoms with Crippen molar-refractivity contribution in [1.29, 1.82) is 0 Å². The molecule has 0 spiro atoms. The Bertz CT molecular complexity index is 1150. The van der Waals surface area contributed by atoms with E-state index in [9.17, 15) is 9.59 Å². The normalized spacial score (nSPS) is 22.4. The maximum absolute atomic E-state index is 13.5. The Hall–Kier alpha value is -2.58. The Kier molecular flexibility index (Phi) is 5.14. The molecule has 160 valence electrons. The number of dihydropyridines is 1. The van der Waals surface area contributed by atoms with Gasteiger partial charge in [0.15, 0.2) is 17.3 Å². The minimum absolute atomic E-state index is 0.0376. The number of benzene rings is 1. The number of esters is 1. The lowest BCUT2D eigenvalue weighted by atomic mass is 9.72. The molecular weight excluding hydrogens is 482 g/mol. The molecule has 0 bridgehead atoms. The molecule has 1 aromatic heterocycles. The summed E-state index contributed by atoms with van der Waals surface area (Å²) in [6.07, 6.45) is 1.12. The first kappa shape index (κ1) is 20.3. The van der Waals surface area contributed by atoms with Crippen LogP contribution in [0.4, 0.5) is 0 Å². The number of Topliss-reactive ketones (excluding diaryl/α,β-unsaturated/α-hetero) is 1. The highest BCUT2D eigenvalue weighted by molar-refractivity contribution is 9.10. The van der Waals surface area contributed by atoms with Crippen molar-refractivity contribution in [2.24, 2.45) is 0 Å². The third kappa shape index (κ3) is 3.38. The first-order valence-corrected chi connectivity index (χ1v) is 11.6. The number of rotatable bonds is 3. The topological polar surface area (TPSA) is 73.9 Å². The van der Waals surface area contributed by atoms with Crippen LogP contribution in [0.15, 0.2) is 56.7 Å². The SMILES string of the molecule is COC(=O)C1=C(C)NC2=C(C(=O)C[C@@H](c3cccs3)C2)[C@@H]1c1cc2c(cc1Br)OCO2. The zero-order chi connectivity index (χ0) is 21.7. The zero-order valence-corrected chi connectivity index (χ0v) is 19.4. The van der Waals surface area contributed by atoms with Gasteiger partial charge in [0.25, 0.3) is 0 Å². The van der Waals surface area contributed by atoms with Crippen molar-refractivity contribution < 1.29 is 23.8 Å². The van der Waals surface area contributed by atoms with Crippen molar-refractivity contribution in [3.05, 3.63) is 67.1 Å². The number of ketones is 1. The zero-order valence-electron chi connectivity index (χ0n) is 17.0. The lowest BCUT2D eigenvalue weighted by Crippen LogP contribution is -2.36. The minimum Gasteiger partial charge on any atom is -0.466 e. The van der Waals surface area contributed by atoms with E-state index >= 15 is 0 Å². The molecule has 0 unspecified atom stereocenters. The van der Waals surface area contributed by atoms with E-state index in [4.69, 9.17) is 14.2 Å². The highest BCUT2D eigenvalue weighted by Gasteiger charge is 2.42.